The number of hydrogen-bond acceptors (Lipinski definition) is 4. The van der Waals surface area contributed by atoms with E-state index in [9.17, 15) is 0 Å². The van der Waals surface area contributed by atoms with Crippen LogP contribution < -0.4 is 4.74 Å². The number of methoxy groups -OCH3 is 1. The zero-order valence-electron chi connectivity index (χ0n) is 13.7. The molecule has 1 unspecified atom stereocenters. The highest BCUT2D eigenvalue weighted by Gasteiger charge is 2.19. The number of benzene rings is 1. The van der Waals surface area contributed by atoms with Crippen molar-refractivity contribution < 1.29 is 9.47 Å². The minimum atomic E-state index is 0.408. The van der Waals surface area contributed by atoms with Crippen LogP contribution in [-0.4, -0.2) is 37.8 Å². The third-order valence-electron chi connectivity index (χ3n) is 4.32. The highest BCUT2D eigenvalue weighted by Crippen LogP contribution is 2.18. The molecule has 0 N–H and O–H groups in total. The van der Waals surface area contributed by atoms with Gasteiger partial charge in [0.15, 0.2) is 0 Å². The summed E-state index contributed by atoms with van der Waals surface area (Å²) in [6, 6.07) is 12.8. The van der Waals surface area contributed by atoms with Crippen molar-refractivity contribution in [2.75, 3.05) is 26.8 Å². The van der Waals surface area contributed by atoms with Gasteiger partial charge in [0, 0.05) is 31.1 Å². The van der Waals surface area contributed by atoms with Gasteiger partial charge in [0.05, 0.1) is 13.2 Å². The summed E-state index contributed by atoms with van der Waals surface area (Å²) in [7, 11) is 1.71. The van der Waals surface area contributed by atoms with Crippen molar-refractivity contribution in [3.63, 3.8) is 0 Å². The lowest BCUT2D eigenvalue weighted by Gasteiger charge is -2.24. The van der Waals surface area contributed by atoms with E-state index in [1.165, 1.54) is 23.3 Å². The quantitative estimate of drug-likeness (QED) is 0.730. The fourth-order valence-corrected chi connectivity index (χ4v) is 3.76. The predicted molar refractivity (Wildman–Crippen MR) is 95.3 cm³/mol. The monoisotopic (exact) mass is 331 g/mol. The molecule has 1 saturated heterocycles. The highest BCUT2D eigenvalue weighted by atomic mass is 32.1. The molecule has 0 radical (unpaired) electrons. The van der Waals surface area contributed by atoms with E-state index < -0.39 is 0 Å². The van der Waals surface area contributed by atoms with Gasteiger partial charge in [-0.1, -0.05) is 18.2 Å². The first-order valence-electron chi connectivity index (χ1n) is 8.33. The fraction of sp³-hybridized carbons (Fsp3) is 0.474. The Morgan fingerprint density at radius 3 is 2.78 bits per heavy atom. The van der Waals surface area contributed by atoms with Gasteiger partial charge in [-0.15, -0.1) is 11.3 Å². The third kappa shape index (κ3) is 5.06. The lowest BCUT2D eigenvalue weighted by atomic mass is 10.1. The molecule has 2 heterocycles. The zero-order valence-corrected chi connectivity index (χ0v) is 14.6. The molecule has 1 aromatic heterocycles. The largest absolute Gasteiger partial charge is 0.497 e. The minimum absolute atomic E-state index is 0.408. The summed E-state index contributed by atoms with van der Waals surface area (Å²) in [4.78, 5) is 3.96. The maximum Gasteiger partial charge on any atom is 0.118 e. The van der Waals surface area contributed by atoms with Crippen molar-refractivity contribution in [2.45, 2.75) is 31.9 Å². The van der Waals surface area contributed by atoms with Gasteiger partial charge in [-0.2, -0.15) is 0 Å². The van der Waals surface area contributed by atoms with Gasteiger partial charge in [0.1, 0.15) is 5.75 Å². The second kappa shape index (κ2) is 8.48. The van der Waals surface area contributed by atoms with Crippen molar-refractivity contribution in [3.05, 3.63) is 52.2 Å². The number of rotatable bonds is 8. The lowest BCUT2D eigenvalue weighted by Crippen LogP contribution is -2.33. The maximum atomic E-state index is 5.83. The molecule has 0 aliphatic carbocycles. The Balaban J connectivity index is 1.57. The average molecular weight is 331 g/mol. The lowest BCUT2D eigenvalue weighted by molar-refractivity contribution is 0.0713. The van der Waals surface area contributed by atoms with Gasteiger partial charge in [-0.05, 0) is 48.4 Å². The molecule has 0 bridgehead atoms. The van der Waals surface area contributed by atoms with E-state index in [4.69, 9.17) is 9.47 Å². The van der Waals surface area contributed by atoms with Crippen molar-refractivity contribution in [2.24, 2.45) is 0 Å². The Morgan fingerprint density at radius 1 is 1.26 bits per heavy atom. The summed E-state index contributed by atoms with van der Waals surface area (Å²) in [5.41, 5.74) is 1.36. The summed E-state index contributed by atoms with van der Waals surface area (Å²) in [6.45, 7) is 4.04. The van der Waals surface area contributed by atoms with E-state index in [-0.39, 0.29) is 0 Å². The Bertz CT molecular complexity index is 562. The predicted octanol–water partition coefficient (Wildman–Crippen LogP) is 3.98. The van der Waals surface area contributed by atoms with Crippen LogP contribution in [0.1, 0.15) is 23.3 Å². The molecular weight excluding hydrogens is 306 g/mol. The molecule has 4 heteroatoms. The normalized spacial score (nSPS) is 17.7. The fourth-order valence-electron chi connectivity index (χ4n) is 3.01. The van der Waals surface area contributed by atoms with E-state index in [1.807, 2.05) is 23.5 Å². The van der Waals surface area contributed by atoms with Crippen LogP contribution in [0.5, 0.6) is 5.75 Å². The first-order valence-corrected chi connectivity index (χ1v) is 9.21. The van der Waals surface area contributed by atoms with Crippen molar-refractivity contribution in [1.82, 2.24) is 4.90 Å². The molecule has 0 saturated carbocycles. The molecule has 1 aliphatic rings. The first kappa shape index (κ1) is 16.5. The van der Waals surface area contributed by atoms with E-state index in [0.717, 1.165) is 38.4 Å². The molecule has 1 aromatic carbocycles. The molecule has 3 nitrogen and oxygen atoms in total. The summed E-state index contributed by atoms with van der Waals surface area (Å²) in [5, 5.41) is 2.16. The second-order valence-electron chi connectivity index (χ2n) is 6.05. The van der Waals surface area contributed by atoms with Gasteiger partial charge in [-0.3, -0.25) is 4.90 Å². The molecule has 1 aliphatic heterocycles. The van der Waals surface area contributed by atoms with Gasteiger partial charge in [0.25, 0.3) is 0 Å². The Labute approximate surface area is 142 Å². The van der Waals surface area contributed by atoms with E-state index in [2.05, 4.69) is 34.5 Å². The van der Waals surface area contributed by atoms with Crippen LogP contribution >= 0.6 is 11.3 Å². The number of thiophene rings is 1. The summed E-state index contributed by atoms with van der Waals surface area (Å²) < 4.78 is 11.1. The first-order chi connectivity index (χ1) is 11.3. The van der Waals surface area contributed by atoms with Crippen LogP contribution in [0.25, 0.3) is 0 Å². The average Bonchev–Trinajstić information content (AvgIpc) is 3.27. The molecule has 2 aromatic rings. The smallest absolute Gasteiger partial charge is 0.118 e. The Kier molecular flexibility index (Phi) is 6.08. The van der Waals surface area contributed by atoms with Crippen molar-refractivity contribution in [1.29, 1.82) is 0 Å². The molecule has 0 spiro atoms. The van der Waals surface area contributed by atoms with Crippen LogP contribution in [0.15, 0.2) is 41.8 Å². The summed E-state index contributed by atoms with van der Waals surface area (Å²) in [6.07, 6.45) is 3.87. The van der Waals surface area contributed by atoms with E-state index in [0.29, 0.717) is 6.10 Å². The Morgan fingerprint density at radius 2 is 2.13 bits per heavy atom. The molecule has 0 amide bonds. The molecular formula is C19H25NO2S. The number of nitrogens with zero attached hydrogens (tertiary/aromatic N) is 1. The second-order valence-corrected chi connectivity index (χ2v) is 7.08. The van der Waals surface area contributed by atoms with Gasteiger partial charge in [0.2, 0.25) is 0 Å². The molecule has 3 rings (SSSR count). The topological polar surface area (TPSA) is 21.7 Å². The van der Waals surface area contributed by atoms with Gasteiger partial charge >= 0.3 is 0 Å². The van der Waals surface area contributed by atoms with Crippen LogP contribution in [-0.2, 0) is 17.7 Å². The number of ether oxygens (including phenoxy) is 2. The standard InChI is InChI=1S/C19H25NO2S/c1-21-17-8-6-16(7-9-17)10-11-20(14-18-4-2-12-22-18)15-19-5-3-13-23-19/h3,5-9,13,18H,2,4,10-12,14-15H2,1H3. The van der Waals surface area contributed by atoms with Gasteiger partial charge < -0.3 is 9.47 Å². The molecule has 23 heavy (non-hydrogen) atoms. The Hall–Kier alpha value is -1.36. The van der Waals surface area contributed by atoms with Gasteiger partial charge in [-0.25, -0.2) is 0 Å². The van der Waals surface area contributed by atoms with Crippen LogP contribution in [0.2, 0.25) is 0 Å². The SMILES string of the molecule is COc1ccc(CCN(Cc2cccs2)CC2CCCO2)cc1. The van der Waals surface area contributed by atoms with E-state index >= 15 is 0 Å². The molecule has 124 valence electrons. The summed E-state index contributed by atoms with van der Waals surface area (Å²) in [5.74, 6) is 0.920. The highest BCUT2D eigenvalue weighted by molar-refractivity contribution is 7.09. The minimum Gasteiger partial charge on any atom is -0.497 e. The van der Waals surface area contributed by atoms with E-state index in [1.54, 1.807) is 7.11 Å². The van der Waals surface area contributed by atoms with Crippen LogP contribution in [0.3, 0.4) is 0 Å². The maximum absolute atomic E-state index is 5.83. The molecule has 1 fully saturated rings. The third-order valence-corrected chi connectivity index (χ3v) is 5.18. The van der Waals surface area contributed by atoms with Crippen molar-refractivity contribution in [3.8, 4) is 5.75 Å². The number of hydrogen-bond donors (Lipinski definition) is 0. The zero-order chi connectivity index (χ0) is 15.9. The molecule has 1 atom stereocenters. The summed E-state index contributed by atoms with van der Waals surface area (Å²) >= 11 is 1.84. The van der Waals surface area contributed by atoms with Crippen LogP contribution in [0.4, 0.5) is 0 Å². The van der Waals surface area contributed by atoms with Crippen molar-refractivity contribution >= 4 is 11.3 Å². The van der Waals surface area contributed by atoms with Crippen LogP contribution in [0, 0.1) is 0 Å².